The van der Waals surface area contributed by atoms with Crippen LogP contribution in [-0.4, -0.2) is 35.3 Å². The van der Waals surface area contributed by atoms with Crippen molar-refractivity contribution in [1.82, 2.24) is 4.90 Å². The van der Waals surface area contributed by atoms with E-state index >= 15 is 0 Å². The maximum atomic E-state index is 12.5. The SMILES string of the molecule is CC(C)N(CC(O)c1ccccc1N)CC(F)(F)F. The van der Waals surface area contributed by atoms with Gasteiger partial charge in [0.1, 0.15) is 0 Å². The zero-order valence-corrected chi connectivity index (χ0v) is 11.0. The van der Waals surface area contributed by atoms with Crippen molar-refractivity contribution in [3.8, 4) is 0 Å². The van der Waals surface area contributed by atoms with Gasteiger partial charge in [-0.05, 0) is 19.9 Å². The van der Waals surface area contributed by atoms with Crippen LogP contribution in [0.25, 0.3) is 0 Å². The fraction of sp³-hybridized carbons (Fsp3) is 0.538. The number of benzene rings is 1. The summed E-state index contributed by atoms with van der Waals surface area (Å²) in [4.78, 5) is 1.18. The third-order valence-electron chi connectivity index (χ3n) is 2.88. The average molecular weight is 276 g/mol. The highest BCUT2D eigenvalue weighted by Crippen LogP contribution is 2.24. The molecule has 0 spiro atoms. The second kappa shape index (κ2) is 6.25. The lowest BCUT2D eigenvalue weighted by Crippen LogP contribution is -2.41. The Morgan fingerprint density at radius 3 is 2.32 bits per heavy atom. The summed E-state index contributed by atoms with van der Waals surface area (Å²) < 4.78 is 37.4. The number of anilines is 1. The lowest BCUT2D eigenvalue weighted by atomic mass is 10.1. The standard InChI is InChI=1S/C13H19F3N2O/c1-9(2)18(8-13(14,15)16)7-12(19)10-5-3-4-6-11(10)17/h3-6,9,12,19H,7-8,17H2,1-2H3. The smallest absolute Gasteiger partial charge is 0.398 e. The molecule has 0 aliphatic rings. The van der Waals surface area contributed by atoms with Gasteiger partial charge in [0.15, 0.2) is 0 Å². The summed E-state index contributed by atoms with van der Waals surface area (Å²) in [6.07, 6.45) is -5.32. The molecule has 0 aromatic heterocycles. The number of para-hydroxylation sites is 1. The van der Waals surface area contributed by atoms with E-state index in [-0.39, 0.29) is 12.6 Å². The Labute approximate surface area is 110 Å². The highest BCUT2D eigenvalue weighted by atomic mass is 19.4. The molecule has 3 nitrogen and oxygen atoms in total. The molecule has 1 rings (SSSR count). The van der Waals surface area contributed by atoms with Crippen molar-refractivity contribution >= 4 is 5.69 Å². The van der Waals surface area contributed by atoms with Gasteiger partial charge in [0.25, 0.3) is 0 Å². The topological polar surface area (TPSA) is 49.5 Å². The number of halogens is 3. The van der Waals surface area contributed by atoms with E-state index in [1.54, 1.807) is 38.1 Å². The molecule has 1 aromatic carbocycles. The molecule has 19 heavy (non-hydrogen) atoms. The van der Waals surface area contributed by atoms with Crippen molar-refractivity contribution in [2.45, 2.75) is 32.2 Å². The van der Waals surface area contributed by atoms with Crippen LogP contribution in [0, 0.1) is 0 Å². The Hall–Kier alpha value is -1.27. The Morgan fingerprint density at radius 2 is 1.84 bits per heavy atom. The Kier molecular flexibility index (Phi) is 5.20. The lowest BCUT2D eigenvalue weighted by Gasteiger charge is -2.29. The minimum Gasteiger partial charge on any atom is -0.398 e. The zero-order valence-electron chi connectivity index (χ0n) is 11.0. The third-order valence-corrected chi connectivity index (χ3v) is 2.88. The van der Waals surface area contributed by atoms with E-state index in [1.807, 2.05) is 0 Å². The maximum absolute atomic E-state index is 12.5. The van der Waals surface area contributed by atoms with Crippen molar-refractivity contribution in [2.24, 2.45) is 0 Å². The molecule has 0 heterocycles. The highest BCUT2D eigenvalue weighted by Gasteiger charge is 2.32. The van der Waals surface area contributed by atoms with Crippen molar-refractivity contribution < 1.29 is 18.3 Å². The molecule has 0 saturated heterocycles. The third kappa shape index (κ3) is 5.08. The van der Waals surface area contributed by atoms with Gasteiger partial charge in [-0.1, -0.05) is 18.2 Å². The number of hydrogen-bond acceptors (Lipinski definition) is 3. The summed E-state index contributed by atoms with van der Waals surface area (Å²) >= 11 is 0. The monoisotopic (exact) mass is 276 g/mol. The van der Waals surface area contributed by atoms with Crippen LogP contribution in [0.2, 0.25) is 0 Å². The van der Waals surface area contributed by atoms with Crippen LogP contribution in [0.15, 0.2) is 24.3 Å². The first-order valence-corrected chi connectivity index (χ1v) is 6.04. The van der Waals surface area contributed by atoms with E-state index in [9.17, 15) is 18.3 Å². The van der Waals surface area contributed by atoms with Crippen molar-refractivity contribution in [3.05, 3.63) is 29.8 Å². The molecule has 6 heteroatoms. The van der Waals surface area contributed by atoms with Crippen LogP contribution in [0.4, 0.5) is 18.9 Å². The minimum atomic E-state index is -4.29. The molecule has 1 unspecified atom stereocenters. The minimum absolute atomic E-state index is 0.106. The summed E-state index contributed by atoms with van der Waals surface area (Å²) in [5.74, 6) is 0. The summed E-state index contributed by atoms with van der Waals surface area (Å²) in [5.41, 5.74) is 6.53. The molecule has 0 fully saturated rings. The van der Waals surface area contributed by atoms with Crippen LogP contribution in [0.1, 0.15) is 25.5 Å². The second-order valence-electron chi connectivity index (χ2n) is 4.78. The molecule has 0 saturated carbocycles. The number of aliphatic hydroxyl groups is 1. The van der Waals surface area contributed by atoms with Crippen molar-refractivity contribution in [3.63, 3.8) is 0 Å². The van der Waals surface area contributed by atoms with Gasteiger partial charge in [0.05, 0.1) is 12.6 Å². The Morgan fingerprint density at radius 1 is 1.26 bits per heavy atom. The van der Waals surface area contributed by atoms with Crippen LogP contribution in [-0.2, 0) is 0 Å². The van der Waals surface area contributed by atoms with Crippen LogP contribution in [0.5, 0.6) is 0 Å². The van der Waals surface area contributed by atoms with Gasteiger partial charge in [-0.15, -0.1) is 0 Å². The maximum Gasteiger partial charge on any atom is 0.401 e. The fourth-order valence-corrected chi connectivity index (χ4v) is 1.82. The summed E-state index contributed by atoms with van der Waals surface area (Å²) in [7, 11) is 0. The van der Waals surface area contributed by atoms with E-state index in [0.29, 0.717) is 11.3 Å². The first-order chi connectivity index (χ1) is 8.70. The van der Waals surface area contributed by atoms with Crippen molar-refractivity contribution in [2.75, 3.05) is 18.8 Å². The van der Waals surface area contributed by atoms with Gasteiger partial charge in [0, 0.05) is 23.8 Å². The molecule has 0 radical (unpaired) electrons. The molecule has 0 amide bonds. The normalized spacial score (nSPS) is 14.1. The van der Waals surface area contributed by atoms with Gasteiger partial charge in [-0.25, -0.2) is 0 Å². The first-order valence-electron chi connectivity index (χ1n) is 6.04. The number of nitrogens with two attached hydrogens (primary N) is 1. The highest BCUT2D eigenvalue weighted by molar-refractivity contribution is 5.47. The van der Waals surface area contributed by atoms with E-state index < -0.39 is 18.8 Å². The largest absolute Gasteiger partial charge is 0.401 e. The summed E-state index contributed by atoms with van der Waals surface area (Å²) in [6, 6.07) is 6.31. The molecule has 108 valence electrons. The number of nitrogen functional groups attached to an aromatic ring is 1. The van der Waals surface area contributed by atoms with Crippen molar-refractivity contribution in [1.29, 1.82) is 0 Å². The van der Waals surface area contributed by atoms with Gasteiger partial charge >= 0.3 is 6.18 Å². The fourth-order valence-electron chi connectivity index (χ4n) is 1.82. The van der Waals surface area contributed by atoms with Gasteiger partial charge in [0.2, 0.25) is 0 Å². The molecule has 0 aliphatic carbocycles. The predicted octanol–water partition coefficient (Wildman–Crippen LogP) is 2.57. The quantitative estimate of drug-likeness (QED) is 0.813. The number of hydrogen-bond donors (Lipinski definition) is 2. The van der Waals surface area contributed by atoms with Crippen LogP contribution >= 0.6 is 0 Å². The number of alkyl halides is 3. The number of rotatable bonds is 5. The number of nitrogens with zero attached hydrogens (tertiary/aromatic N) is 1. The molecular weight excluding hydrogens is 257 g/mol. The van der Waals surface area contributed by atoms with E-state index in [1.165, 1.54) is 4.90 Å². The van der Waals surface area contributed by atoms with Gasteiger partial charge in [-0.2, -0.15) is 13.2 Å². The molecule has 1 atom stereocenters. The molecule has 3 N–H and O–H groups in total. The molecule has 1 aromatic rings. The lowest BCUT2D eigenvalue weighted by molar-refractivity contribution is -0.152. The zero-order chi connectivity index (χ0) is 14.6. The Balaban J connectivity index is 2.77. The van der Waals surface area contributed by atoms with Gasteiger partial charge < -0.3 is 10.8 Å². The average Bonchev–Trinajstić information content (AvgIpc) is 2.26. The number of aliphatic hydroxyl groups excluding tert-OH is 1. The molecule has 0 aliphatic heterocycles. The second-order valence-corrected chi connectivity index (χ2v) is 4.78. The predicted molar refractivity (Wildman–Crippen MR) is 68.6 cm³/mol. The van der Waals surface area contributed by atoms with E-state index in [0.717, 1.165) is 0 Å². The summed E-state index contributed by atoms with van der Waals surface area (Å²) in [5, 5.41) is 10.0. The van der Waals surface area contributed by atoms with Gasteiger partial charge in [-0.3, -0.25) is 4.90 Å². The first kappa shape index (κ1) is 15.8. The molecular formula is C13H19F3N2O. The van der Waals surface area contributed by atoms with E-state index in [2.05, 4.69) is 0 Å². The molecule has 0 bridgehead atoms. The van der Waals surface area contributed by atoms with E-state index in [4.69, 9.17) is 5.73 Å². The van der Waals surface area contributed by atoms with Crippen LogP contribution in [0.3, 0.4) is 0 Å². The summed E-state index contributed by atoms with van der Waals surface area (Å²) in [6.45, 7) is 2.17. The Bertz CT molecular complexity index is 407. The van der Waals surface area contributed by atoms with Crippen LogP contribution < -0.4 is 5.73 Å².